The van der Waals surface area contributed by atoms with E-state index in [0.717, 1.165) is 17.8 Å². The molecule has 1 aromatic carbocycles. The molecule has 3 nitrogen and oxygen atoms in total. The van der Waals surface area contributed by atoms with Gasteiger partial charge in [0.25, 0.3) is 0 Å². The second-order valence-electron chi connectivity index (χ2n) is 4.49. The monoisotopic (exact) mass is 250 g/mol. The van der Waals surface area contributed by atoms with Gasteiger partial charge in [0.2, 0.25) is 0 Å². The maximum absolute atomic E-state index is 5.24. The van der Waals surface area contributed by atoms with Crippen LogP contribution in [0.1, 0.15) is 13.8 Å². The number of hydrogen-bond donors (Lipinski definition) is 1. The van der Waals surface area contributed by atoms with Crippen molar-refractivity contribution < 1.29 is 4.74 Å². The first-order valence-corrected chi connectivity index (χ1v) is 6.67. The zero-order valence-electron chi connectivity index (χ0n) is 10.4. The molecule has 0 saturated heterocycles. The normalized spacial score (nSPS) is 13.2. The molecule has 0 aliphatic carbocycles. The molecule has 0 bridgehead atoms. The number of hydrogen-bond acceptors (Lipinski definition) is 4. The van der Waals surface area contributed by atoms with Crippen molar-refractivity contribution in [2.45, 2.75) is 19.9 Å². The van der Waals surface area contributed by atoms with Gasteiger partial charge in [0.15, 0.2) is 0 Å². The summed E-state index contributed by atoms with van der Waals surface area (Å²) in [4.78, 5) is 4.28. The number of methoxy groups -OCH3 is 1. The Morgan fingerprint density at radius 2 is 2.24 bits per heavy atom. The number of anilines is 1. The molecule has 0 spiro atoms. The van der Waals surface area contributed by atoms with Crippen molar-refractivity contribution in [1.29, 1.82) is 0 Å². The van der Waals surface area contributed by atoms with E-state index in [1.807, 2.05) is 5.51 Å². The lowest BCUT2D eigenvalue weighted by molar-refractivity contribution is 0.171. The fraction of sp³-hybridized carbons (Fsp3) is 0.462. The van der Waals surface area contributed by atoms with Crippen LogP contribution in [-0.2, 0) is 4.74 Å². The van der Waals surface area contributed by atoms with E-state index in [4.69, 9.17) is 4.74 Å². The predicted octanol–water partition coefficient (Wildman–Crippen LogP) is 3.38. The second-order valence-corrected chi connectivity index (χ2v) is 5.37. The lowest BCUT2D eigenvalue weighted by Crippen LogP contribution is -2.30. The molecule has 0 aliphatic rings. The highest BCUT2D eigenvalue weighted by atomic mass is 32.1. The van der Waals surface area contributed by atoms with Crippen molar-refractivity contribution in [2.75, 3.05) is 19.0 Å². The van der Waals surface area contributed by atoms with Gasteiger partial charge in [-0.05, 0) is 24.1 Å². The molecule has 1 aromatic heterocycles. The van der Waals surface area contributed by atoms with E-state index in [0.29, 0.717) is 12.0 Å². The zero-order valence-corrected chi connectivity index (χ0v) is 11.3. The highest BCUT2D eigenvalue weighted by Crippen LogP contribution is 2.23. The highest BCUT2D eigenvalue weighted by molar-refractivity contribution is 7.16. The number of ether oxygens (including phenoxy) is 1. The summed E-state index contributed by atoms with van der Waals surface area (Å²) in [6, 6.07) is 6.62. The van der Waals surface area contributed by atoms with E-state index in [-0.39, 0.29) is 0 Å². The van der Waals surface area contributed by atoms with Gasteiger partial charge in [-0.1, -0.05) is 13.8 Å². The van der Waals surface area contributed by atoms with E-state index in [1.54, 1.807) is 18.4 Å². The molecule has 17 heavy (non-hydrogen) atoms. The minimum atomic E-state index is 0.338. The quantitative estimate of drug-likeness (QED) is 0.883. The molecule has 0 radical (unpaired) electrons. The number of fused-ring (bicyclic) bond motifs is 1. The van der Waals surface area contributed by atoms with Crippen molar-refractivity contribution in [3.63, 3.8) is 0 Å². The Morgan fingerprint density at radius 1 is 1.41 bits per heavy atom. The van der Waals surface area contributed by atoms with E-state index in [2.05, 4.69) is 42.3 Å². The van der Waals surface area contributed by atoms with E-state index >= 15 is 0 Å². The van der Waals surface area contributed by atoms with E-state index < -0.39 is 0 Å². The first-order valence-electron chi connectivity index (χ1n) is 5.79. The van der Waals surface area contributed by atoms with Crippen molar-refractivity contribution >= 4 is 27.2 Å². The first kappa shape index (κ1) is 12.3. The zero-order chi connectivity index (χ0) is 12.3. The number of nitrogens with one attached hydrogen (secondary N) is 1. The second kappa shape index (κ2) is 5.47. The van der Waals surface area contributed by atoms with Gasteiger partial charge < -0.3 is 10.1 Å². The Hall–Kier alpha value is -1.13. The molecule has 1 heterocycles. The van der Waals surface area contributed by atoms with Crippen LogP contribution < -0.4 is 5.32 Å². The minimum Gasteiger partial charge on any atom is -0.383 e. The van der Waals surface area contributed by atoms with Gasteiger partial charge in [-0.25, -0.2) is 4.98 Å². The van der Waals surface area contributed by atoms with Crippen LogP contribution in [0.5, 0.6) is 0 Å². The van der Waals surface area contributed by atoms with Gasteiger partial charge in [-0.3, -0.25) is 0 Å². The molecule has 0 aliphatic heterocycles. The maximum atomic E-state index is 5.24. The summed E-state index contributed by atoms with van der Waals surface area (Å²) < 4.78 is 6.46. The summed E-state index contributed by atoms with van der Waals surface area (Å²) in [6.45, 7) is 5.11. The van der Waals surface area contributed by atoms with Gasteiger partial charge in [0.1, 0.15) is 0 Å². The summed E-state index contributed by atoms with van der Waals surface area (Å²) >= 11 is 1.67. The molecule has 0 fully saturated rings. The number of thiazole rings is 1. The van der Waals surface area contributed by atoms with Gasteiger partial charge in [0.05, 0.1) is 28.4 Å². The van der Waals surface area contributed by atoms with Crippen molar-refractivity contribution in [3.8, 4) is 0 Å². The van der Waals surface area contributed by atoms with Crippen LogP contribution in [0, 0.1) is 5.92 Å². The molecule has 1 atom stereocenters. The Kier molecular flexibility index (Phi) is 3.97. The highest BCUT2D eigenvalue weighted by Gasteiger charge is 2.12. The fourth-order valence-corrected chi connectivity index (χ4v) is 2.46. The smallest absolute Gasteiger partial charge is 0.0813 e. The molecule has 1 N–H and O–H groups in total. The molecule has 0 saturated carbocycles. The molecular formula is C13H18N2OS. The number of aromatic nitrogens is 1. The number of rotatable bonds is 5. The maximum Gasteiger partial charge on any atom is 0.0813 e. The molecule has 2 aromatic rings. The summed E-state index contributed by atoms with van der Waals surface area (Å²) in [6.07, 6.45) is 0. The summed E-state index contributed by atoms with van der Waals surface area (Å²) in [7, 11) is 1.74. The number of benzene rings is 1. The molecule has 92 valence electrons. The van der Waals surface area contributed by atoms with Crippen molar-refractivity contribution in [2.24, 2.45) is 5.92 Å². The molecule has 0 amide bonds. The first-order chi connectivity index (χ1) is 8.20. The predicted molar refractivity (Wildman–Crippen MR) is 73.7 cm³/mol. The summed E-state index contributed by atoms with van der Waals surface area (Å²) in [5.74, 6) is 0.534. The van der Waals surface area contributed by atoms with E-state index in [1.165, 1.54) is 4.70 Å². The summed E-state index contributed by atoms with van der Waals surface area (Å²) in [5.41, 5.74) is 4.08. The van der Waals surface area contributed by atoms with Crippen LogP contribution >= 0.6 is 11.3 Å². The summed E-state index contributed by atoms with van der Waals surface area (Å²) in [5, 5.41) is 3.52. The Labute approximate surface area is 106 Å². The number of nitrogens with zero attached hydrogens (tertiary/aromatic N) is 1. The molecule has 4 heteroatoms. The largest absolute Gasteiger partial charge is 0.383 e. The van der Waals surface area contributed by atoms with Gasteiger partial charge in [-0.15, -0.1) is 11.3 Å². The van der Waals surface area contributed by atoms with Gasteiger partial charge in [0, 0.05) is 12.8 Å². The lowest BCUT2D eigenvalue weighted by Gasteiger charge is -2.22. The Balaban J connectivity index is 2.15. The average molecular weight is 250 g/mol. The van der Waals surface area contributed by atoms with Gasteiger partial charge >= 0.3 is 0 Å². The average Bonchev–Trinajstić information content (AvgIpc) is 2.75. The molecule has 1 unspecified atom stereocenters. The Morgan fingerprint density at radius 3 is 2.94 bits per heavy atom. The van der Waals surface area contributed by atoms with Crippen LogP contribution in [0.2, 0.25) is 0 Å². The molecular weight excluding hydrogens is 232 g/mol. The third kappa shape index (κ3) is 2.96. The van der Waals surface area contributed by atoms with Crippen molar-refractivity contribution in [1.82, 2.24) is 4.98 Å². The lowest BCUT2D eigenvalue weighted by atomic mass is 10.1. The van der Waals surface area contributed by atoms with E-state index in [9.17, 15) is 0 Å². The third-order valence-corrected chi connectivity index (χ3v) is 3.63. The van der Waals surface area contributed by atoms with Crippen LogP contribution in [0.3, 0.4) is 0 Å². The van der Waals surface area contributed by atoms with Gasteiger partial charge in [-0.2, -0.15) is 0 Å². The fourth-order valence-electron chi connectivity index (χ4n) is 1.74. The standard InChI is InChI=1S/C13H18N2OS/c1-9(2)12(7-16-3)15-10-4-5-11-13(6-10)17-8-14-11/h4-6,8-9,12,15H,7H2,1-3H3. The SMILES string of the molecule is COCC(Nc1ccc2ncsc2c1)C(C)C. The molecule has 2 rings (SSSR count). The topological polar surface area (TPSA) is 34.1 Å². The Bertz CT molecular complexity index is 481. The van der Waals surface area contributed by atoms with Crippen LogP contribution in [0.25, 0.3) is 10.2 Å². The van der Waals surface area contributed by atoms with Crippen LogP contribution in [0.4, 0.5) is 5.69 Å². The third-order valence-electron chi connectivity index (χ3n) is 2.83. The van der Waals surface area contributed by atoms with Crippen LogP contribution in [-0.4, -0.2) is 24.7 Å². The van der Waals surface area contributed by atoms with Crippen molar-refractivity contribution in [3.05, 3.63) is 23.7 Å². The van der Waals surface area contributed by atoms with Crippen LogP contribution in [0.15, 0.2) is 23.7 Å². The minimum absolute atomic E-state index is 0.338.